The third-order valence-corrected chi connectivity index (χ3v) is 2.79. The number of ether oxygens (including phenoxy) is 1. The lowest BCUT2D eigenvalue weighted by atomic mass is 10.2. The number of aliphatic hydroxyl groups excluding tert-OH is 1. The maximum Gasteiger partial charge on any atom is 0.216 e. The molecule has 5 nitrogen and oxygen atoms in total. The average Bonchev–Trinajstić information content (AvgIpc) is 2.54. The highest BCUT2D eigenvalue weighted by Gasteiger charge is 2.13. The third kappa shape index (κ3) is 3.71. The van der Waals surface area contributed by atoms with Crippen LogP contribution in [0.15, 0.2) is 0 Å². The summed E-state index contributed by atoms with van der Waals surface area (Å²) < 4.78 is 7.03. The van der Waals surface area contributed by atoms with Gasteiger partial charge in [0.05, 0.1) is 24.5 Å². The van der Waals surface area contributed by atoms with Crippen molar-refractivity contribution in [3.05, 3.63) is 11.3 Å². The summed E-state index contributed by atoms with van der Waals surface area (Å²) in [5.74, 6) is 0.778. The molecule has 5 heteroatoms. The van der Waals surface area contributed by atoms with Crippen LogP contribution < -0.4 is 10.1 Å². The van der Waals surface area contributed by atoms with Gasteiger partial charge in [-0.25, -0.2) is 4.68 Å². The molecule has 0 aliphatic carbocycles. The van der Waals surface area contributed by atoms with E-state index in [1.807, 2.05) is 14.0 Å². The zero-order valence-corrected chi connectivity index (χ0v) is 11.2. The fraction of sp³-hybridized carbons (Fsp3) is 0.750. The summed E-state index contributed by atoms with van der Waals surface area (Å²) in [5.41, 5.74) is 2.01. The summed E-state index contributed by atoms with van der Waals surface area (Å²) in [7, 11) is 3.51. The standard InChI is InChI=1S/C12H23N3O2/c1-5-6-10(16)7-13-8-11-9(2)14-15(3)12(11)17-4/h10,13,16H,5-8H2,1-4H3. The average molecular weight is 241 g/mol. The van der Waals surface area contributed by atoms with E-state index in [0.29, 0.717) is 13.1 Å². The van der Waals surface area contributed by atoms with Crippen molar-refractivity contribution in [1.29, 1.82) is 0 Å². The van der Waals surface area contributed by atoms with Gasteiger partial charge in [-0.3, -0.25) is 0 Å². The van der Waals surface area contributed by atoms with E-state index in [1.165, 1.54) is 0 Å². The van der Waals surface area contributed by atoms with E-state index in [2.05, 4.69) is 17.3 Å². The predicted octanol–water partition coefficient (Wildman–Crippen LogP) is 0.988. The van der Waals surface area contributed by atoms with Crippen molar-refractivity contribution in [2.24, 2.45) is 7.05 Å². The van der Waals surface area contributed by atoms with Gasteiger partial charge in [-0.2, -0.15) is 5.10 Å². The maximum atomic E-state index is 9.61. The largest absolute Gasteiger partial charge is 0.481 e. The molecule has 1 aromatic rings. The fourth-order valence-corrected chi connectivity index (χ4v) is 1.94. The van der Waals surface area contributed by atoms with Crippen molar-refractivity contribution in [2.75, 3.05) is 13.7 Å². The van der Waals surface area contributed by atoms with E-state index in [4.69, 9.17) is 4.74 Å². The molecule has 0 bridgehead atoms. The predicted molar refractivity (Wildman–Crippen MR) is 67.1 cm³/mol. The Labute approximate surface area is 103 Å². The van der Waals surface area contributed by atoms with Gasteiger partial charge < -0.3 is 15.2 Å². The van der Waals surface area contributed by atoms with Crippen LogP contribution in [0.4, 0.5) is 0 Å². The number of nitrogens with one attached hydrogen (secondary N) is 1. The van der Waals surface area contributed by atoms with Gasteiger partial charge in [0.25, 0.3) is 0 Å². The number of aromatic nitrogens is 2. The summed E-state index contributed by atoms with van der Waals surface area (Å²) in [6.07, 6.45) is 1.55. The molecule has 0 aromatic carbocycles. The van der Waals surface area contributed by atoms with Crippen molar-refractivity contribution in [3.63, 3.8) is 0 Å². The molecule has 1 atom stereocenters. The van der Waals surface area contributed by atoms with Crippen LogP contribution in [0.3, 0.4) is 0 Å². The highest BCUT2D eigenvalue weighted by molar-refractivity contribution is 5.30. The van der Waals surface area contributed by atoms with E-state index in [1.54, 1.807) is 11.8 Å². The molecule has 1 heterocycles. The highest BCUT2D eigenvalue weighted by atomic mass is 16.5. The molecule has 0 aliphatic heterocycles. The SMILES string of the molecule is CCCC(O)CNCc1c(C)nn(C)c1OC. The first kappa shape index (κ1) is 14.0. The molecule has 1 aromatic heterocycles. The van der Waals surface area contributed by atoms with E-state index in [0.717, 1.165) is 30.0 Å². The first-order valence-corrected chi connectivity index (χ1v) is 6.05. The number of methoxy groups -OCH3 is 1. The Morgan fingerprint density at radius 1 is 1.53 bits per heavy atom. The van der Waals surface area contributed by atoms with Gasteiger partial charge in [0.15, 0.2) is 0 Å². The molecular formula is C12H23N3O2. The van der Waals surface area contributed by atoms with Crippen molar-refractivity contribution < 1.29 is 9.84 Å². The van der Waals surface area contributed by atoms with Gasteiger partial charge in [-0.1, -0.05) is 13.3 Å². The maximum absolute atomic E-state index is 9.61. The second kappa shape index (κ2) is 6.61. The van der Waals surface area contributed by atoms with Crippen molar-refractivity contribution in [2.45, 2.75) is 39.3 Å². The molecule has 0 aliphatic rings. The normalized spacial score (nSPS) is 12.8. The van der Waals surface area contributed by atoms with E-state index < -0.39 is 0 Å². The Kier molecular flexibility index (Phi) is 5.44. The van der Waals surface area contributed by atoms with E-state index in [9.17, 15) is 5.11 Å². The second-order valence-electron chi connectivity index (χ2n) is 4.27. The molecule has 98 valence electrons. The molecule has 0 saturated heterocycles. The Bertz CT molecular complexity index is 350. The van der Waals surface area contributed by atoms with Crippen LogP contribution in [-0.2, 0) is 13.6 Å². The zero-order valence-electron chi connectivity index (χ0n) is 11.2. The number of nitrogens with zero attached hydrogens (tertiary/aromatic N) is 2. The Morgan fingerprint density at radius 2 is 2.24 bits per heavy atom. The zero-order chi connectivity index (χ0) is 12.8. The Hall–Kier alpha value is -1.07. The van der Waals surface area contributed by atoms with Crippen LogP contribution in [0.25, 0.3) is 0 Å². The van der Waals surface area contributed by atoms with Gasteiger partial charge in [-0.15, -0.1) is 0 Å². The number of aliphatic hydroxyl groups is 1. The van der Waals surface area contributed by atoms with E-state index >= 15 is 0 Å². The van der Waals surface area contributed by atoms with Gasteiger partial charge in [0.2, 0.25) is 5.88 Å². The van der Waals surface area contributed by atoms with Crippen molar-refractivity contribution in [1.82, 2.24) is 15.1 Å². The minimum atomic E-state index is -0.275. The lowest BCUT2D eigenvalue weighted by Crippen LogP contribution is -2.26. The summed E-state index contributed by atoms with van der Waals surface area (Å²) in [4.78, 5) is 0. The van der Waals surface area contributed by atoms with Crippen LogP contribution in [0.1, 0.15) is 31.0 Å². The lowest BCUT2D eigenvalue weighted by Gasteiger charge is -2.11. The summed E-state index contributed by atoms with van der Waals surface area (Å²) in [6.45, 7) is 5.30. The molecule has 0 fully saturated rings. The molecule has 0 amide bonds. The monoisotopic (exact) mass is 241 g/mol. The Morgan fingerprint density at radius 3 is 2.82 bits per heavy atom. The first-order valence-electron chi connectivity index (χ1n) is 6.05. The van der Waals surface area contributed by atoms with Crippen molar-refractivity contribution in [3.8, 4) is 5.88 Å². The summed E-state index contributed by atoms with van der Waals surface area (Å²) in [5, 5.41) is 17.2. The van der Waals surface area contributed by atoms with Gasteiger partial charge >= 0.3 is 0 Å². The fourth-order valence-electron chi connectivity index (χ4n) is 1.94. The van der Waals surface area contributed by atoms with Crippen LogP contribution in [-0.4, -0.2) is 34.6 Å². The topological polar surface area (TPSA) is 59.3 Å². The van der Waals surface area contributed by atoms with Gasteiger partial charge in [-0.05, 0) is 13.3 Å². The van der Waals surface area contributed by atoms with E-state index in [-0.39, 0.29) is 6.10 Å². The first-order chi connectivity index (χ1) is 8.10. The van der Waals surface area contributed by atoms with Gasteiger partial charge in [0, 0.05) is 20.1 Å². The molecule has 1 rings (SSSR count). The highest BCUT2D eigenvalue weighted by Crippen LogP contribution is 2.20. The number of hydrogen-bond acceptors (Lipinski definition) is 4. The molecule has 0 saturated carbocycles. The molecule has 1 unspecified atom stereocenters. The quantitative estimate of drug-likeness (QED) is 0.747. The second-order valence-corrected chi connectivity index (χ2v) is 4.27. The smallest absolute Gasteiger partial charge is 0.216 e. The molecular weight excluding hydrogens is 218 g/mol. The third-order valence-electron chi connectivity index (χ3n) is 2.79. The van der Waals surface area contributed by atoms with Crippen LogP contribution >= 0.6 is 0 Å². The van der Waals surface area contributed by atoms with Crippen LogP contribution in [0.2, 0.25) is 0 Å². The minimum Gasteiger partial charge on any atom is -0.481 e. The van der Waals surface area contributed by atoms with Crippen LogP contribution in [0, 0.1) is 6.92 Å². The summed E-state index contributed by atoms with van der Waals surface area (Å²) >= 11 is 0. The summed E-state index contributed by atoms with van der Waals surface area (Å²) in [6, 6.07) is 0. The van der Waals surface area contributed by atoms with Crippen molar-refractivity contribution >= 4 is 0 Å². The molecule has 17 heavy (non-hydrogen) atoms. The Balaban J connectivity index is 2.51. The molecule has 0 radical (unpaired) electrons. The number of aryl methyl sites for hydroxylation is 2. The number of rotatable bonds is 7. The lowest BCUT2D eigenvalue weighted by molar-refractivity contribution is 0.160. The van der Waals surface area contributed by atoms with Crippen LogP contribution in [0.5, 0.6) is 5.88 Å². The molecule has 2 N–H and O–H groups in total. The van der Waals surface area contributed by atoms with Gasteiger partial charge in [0.1, 0.15) is 0 Å². The minimum absolute atomic E-state index is 0.275. The molecule has 0 spiro atoms. The number of hydrogen-bond donors (Lipinski definition) is 2.